The SMILES string of the molecule is CC(C)[C@H](N)c1cc(N(C)C)n[nH]1. The molecule has 74 valence electrons. The number of nitrogens with one attached hydrogen (secondary N) is 1. The molecule has 1 heterocycles. The van der Waals surface area contributed by atoms with E-state index in [1.54, 1.807) is 0 Å². The monoisotopic (exact) mass is 182 g/mol. The highest BCUT2D eigenvalue weighted by Crippen LogP contribution is 2.19. The van der Waals surface area contributed by atoms with Crippen molar-refractivity contribution in [1.29, 1.82) is 0 Å². The van der Waals surface area contributed by atoms with Crippen LogP contribution < -0.4 is 10.6 Å². The van der Waals surface area contributed by atoms with Gasteiger partial charge in [-0.2, -0.15) is 5.10 Å². The molecule has 0 saturated heterocycles. The summed E-state index contributed by atoms with van der Waals surface area (Å²) in [6.45, 7) is 4.20. The molecule has 0 saturated carbocycles. The minimum atomic E-state index is 0.0428. The largest absolute Gasteiger partial charge is 0.361 e. The van der Waals surface area contributed by atoms with Crippen LogP contribution in [-0.2, 0) is 0 Å². The molecule has 0 aromatic carbocycles. The van der Waals surface area contributed by atoms with E-state index < -0.39 is 0 Å². The third-order valence-electron chi connectivity index (χ3n) is 2.12. The molecule has 4 nitrogen and oxygen atoms in total. The Bertz CT molecular complexity index is 264. The number of hydrogen-bond acceptors (Lipinski definition) is 3. The van der Waals surface area contributed by atoms with Crippen molar-refractivity contribution < 1.29 is 0 Å². The fourth-order valence-corrected chi connectivity index (χ4v) is 1.08. The first kappa shape index (κ1) is 10.1. The normalized spacial score (nSPS) is 13.4. The molecule has 0 aliphatic rings. The van der Waals surface area contributed by atoms with Crippen LogP contribution in [0.5, 0.6) is 0 Å². The van der Waals surface area contributed by atoms with Crippen molar-refractivity contribution in [1.82, 2.24) is 10.2 Å². The van der Waals surface area contributed by atoms with E-state index in [9.17, 15) is 0 Å². The van der Waals surface area contributed by atoms with E-state index in [1.807, 2.05) is 25.1 Å². The Labute approximate surface area is 79.1 Å². The summed E-state index contributed by atoms with van der Waals surface area (Å²) in [5.74, 6) is 1.35. The summed E-state index contributed by atoms with van der Waals surface area (Å²) in [6, 6.07) is 2.03. The number of nitrogens with two attached hydrogens (primary N) is 1. The number of hydrogen-bond donors (Lipinski definition) is 2. The lowest BCUT2D eigenvalue weighted by atomic mass is 10.0. The summed E-state index contributed by atoms with van der Waals surface area (Å²) in [7, 11) is 3.92. The van der Waals surface area contributed by atoms with Crippen LogP contribution in [0.15, 0.2) is 6.07 Å². The molecule has 1 atom stereocenters. The van der Waals surface area contributed by atoms with Crippen molar-refractivity contribution in [2.45, 2.75) is 19.9 Å². The molecule has 0 radical (unpaired) electrons. The average Bonchev–Trinajstić information content (AvgIpc) is 2.50. The molecule has 3 N–H and O–H groups in total. The van der Waals surface area contributed by atoms with Gasteiger partial charge in [0.2, 0.25) is 0 Å². The maximum atomic E-state index is 5.96. The van der Waals surface area contributed by atoms with Gasteiger partial charge in [0.1, 0.15) is 5.82 Å². The minimum absolute atomic E-state index is 0.0428. The summed E-state index contributed by atoms with van der Waals surface area (Å²) in [5.41, 5.74) is 6.96. The van der Waals surface area contributed by atoms with Crippen LogP contribution in [0.1, 0.15) is 25.6 Å². The third kappa shape index (κ3) is 2.21. The fraction of sp³-hybridized carbons (Fsp3) is 0.667. The minimum Gasteiger partial charge on any atom is -0.361 e. The van der Waals surface area contributed by atoms with E-state index in [-0.39, 0.29) is 6.04 Å². The highest BCUT2D eigenvalue weighted by molar-refractivity contribution is 5.37. The molecule has 0 aliphatic carbocycles. The van der Waals surface area contributed by atoms with Crippen molar-refractivity contribution in [2.75, 3.05) is 19.0 Å². The molecule has 1 rings (SSSR count). The molecule has 0 spiro atoms. The van der Waals surface area contributed by atoms with E-state index in [1.165, 1.54) is 0 Å². The van der Waals surface area contributed by atoms with Gasteiger partial charge in [-0.1, -0.05) is 13.8 Å². The van der Waals surface area contributed by atoms with Crippen molar-refractivity contribution in [3.8, 4) is 0 Å². The van der Waals surface area contributed by atoms with Crippen LogP contribution in [0.2, 0.25) is 0 Å². The lowest BCUT2D eigenvalue weighted by Crippen LogP contribution is -2.17. The van der Waals surface area contributed by atoms with Gasteiger partial charge in [-0.3, -0.25) is 5.10 Å². The molecule has 13 heavy (non-hydrogen) atoms. The van der Waals surface area contributed by atoms with Crippen LogP contribution in [0, 0.1) is 5.92 Å². The van der Waals surface area contributed by atoms with Gasteiger partial charge in [-0.15, -0.1) is 0 Å². The number of anilines is 1. The maximum absolute atomic E-state index is 5.96. The summed E-state index contributed by atoms with van der Waals surface area (Å²) < 4.78 is 0. The van der Waals surface area contributed by atoms with Crippen LogP contribution in [0.3, 0.4) is 0 Å². The van der Waals surface area contributed by atoms with Crippen LogP contribution in [0.25, 0.3) is 0 Å². The van der Waals surface area contributed by atoms with Gasteiger partial charge >= 0.3 is 0 Å². The zero-order chi connectivity index (χ0) is 10.0. The highest BCUT2D eigenvalue weighted by Gasteiger charge is 2.13. The lowest BCUT2D eigenvalue weighted by molar-refractivity contribution is 0.502. The molecular formula is C9H18N4. The average molecular weight is 182 g/mol. The first-order valence-electron chi connectivity index (χ1n) is 4.50. The van der Waals surface area contributed by atoms with Crippen LogP contribution in [0.4, 0.5) is 5.82 Å². The van der Waals surface area contributed by atoms with Gasteiger partial charge in [0.15, 0.2) is 0 Å². The van der Waals surface area contributed by atoms with E-state index in [0.29, 0.717) is 5.92 Å². The number of aromatic nitrogens is 2. The van der Waals surface area contributed by atoms with Crippen molar-refractivity contribution >= 4 is 5.82 Å². The Balaban J connectivity index is 2.79. The molecule has 0 amide bonds. The summed E-state index contributed by atoms with van der Waals surface area (Å²) in [5, 5.41) is 7.09. The van der Waals surface area contributed by atoms with Gasteiger partial charge in [0.05, 0.1) is 5.69 Å². The first-order chi connectivity index (χ1) is 6.02. The molecule has 0 bridgehead atoms. The number of aromatic amines is 1. The summed E-state index contributed by atoms with van der Waals surface area (Å²) >= 11 is 0. The van der Waals surface area contributed by atoms with Gasteiger partial charge in [0, 0.05) is 26.2 Å². The number of H-pyrrole nitrogens is 1. The topological polar surface area (TPSA) is 57.9 Å². The highest BCUT2D eigenvalue weighted by atomic mass is 15.2. The number of nitrogens with zero attached hydrogens (tertiary/aromatic N) is 2. The van der Waals surface area contributed by atoms with E-state index in [0.717, 1.165) is 11.5 Å². The molecule has 1 aromatic rings. The van der Waals surface area contributed by atoms with E-state index in [4.69, 9.17) is 5.73 Å². The Morgan fingerprint density at radius 2 is 2.08 bits per heavy atom. The standard InChI is InChI=1S/C9H18N4/c1-6(2)9(10)7-5-8(12-11-7)13(3)4/h5-6,9H,10H2,1-4H3,(H,11,12)/t9-/m0/s1. The lowest BCUT2D eigenvalue weighted by Gasteiger charge is -2.12. The first-order valence-corrected chi connectivity index (χ1v) is 4.50. The van der Waals surface area contributed by atoms with Crippen LogP contribution >= 0.6 is 0 Å². The third-order valence-corrected chi connectivity index (χ3v) is 2.12. The zero-order valence-corrected chi connectivity index (χ0v) is 8.70. The predicted octanol–water partition coefficient (Wildman–Crippen LogP) is 1.13. The Hall–Kier alpha value is -1.03. The summed E-state index contributed by atoms with van der Waals surface area (Å²) in [6.07, 6.45) is 0. The molecule has 0 aliphatic heterocycles. The van der Waals surface area contributed by atoms with E-state index in [2.05, 4.69) is 24.0 Å². The molecule has 0 unspecified atom stereocenters. The smallest absolute Gasteiger partial charge is 0.150 e. The van der Waals surface area contributed by atoms with Crippen LogP contribution in [-0.4, -0.2) is 24.3 Å². The van der Waals surface area contributed by atoms with Gasteiger partial charge < -0.3 is 10.6 Å². The van der Waals surface area contributed by atoms with Crippen molar-refractivity contribution in [3.05, 3.63) is 11.8 Å². The van der Waals surface area contributed by atoms with Gasteiger partial charge in [-0.05, 0) is 5.92 Å². The maximum Gasteiger partial charge on any atom is 0.150 e. The molecule has 0 fully saturated rings. The molecule has 1 aromatic heterocycles. The second-order valence-electron chi connectivity index (χ2n) is 3.85. The Kier molecular flexibility index (Phi) is 2.93. The van der Waals surface area contributed by atoms with Gasteiger partial charge in [-0.25, -0.2) is 0 Å². The molecule has 4 heteroatoms. The second-order valence-corrected chi connectivity index (χ2v) is 3.85. The predicted molar refractivity (Wildman–Crippen MR) is 54.7 cm³/mol. The Morgan fingerprint density at radius 1 is 1.46 bits per heavy atom. The van der Waals surface area contributed by atoms with Gasteiger partial charge in [0.25, 0.3) is 0 Å². The zero-order valence-electron chi connectivity index (χ0n) is 8.70. The number of rotatable bonds is 3. The van der Waals surface area contributed by atoms with Crippen molar-refractivity contribution in [2.24, 2.45) is 11.7 Å². The quantitative estimate of drug-likeness (QED) is 0.736. The van der Waals surface area contributed by atoms with E-state index >= 15 is 0 Å². The fourth-order valence-electron chi connectivity index (χ4n) is 1.08. The van der Waals surface area contributed by atoms with Crippen molar-refractivity contribution in [3.63, 3.8) is 0 Å². The Morgan fingerprint density at radius 3 is 2.46 bits per heavy atom. The molecular weight excluding hydrogens is 164 g/mol. The summed E-state index contributed by atoms with van der Waals surface area (Å²) in [4.78, 5) is 1.95. The second kappa shape index (κ2) is 3.79.